The van der Waals surface area contributed by atoms with Crippen molar-refractivity contribution in [2.75, 3.05) is 0 Å². The summed E-state index contributed by atoms with van der Waals surface area (Å²) in [6.07, 6.45) is -3.89. The number of primary amides is 2. The molecule has 0 spiro atoms. The Balaban J connectivity index is 4.93. The van der Waals surface area contributed by atoms with Crippen LogP contribution >= 0.6 is 0 Å². The fraction of sp³-hybridized carbons (Fsp3) is 0.500. The van der Waals surface area contributed by atoms with E-state index in [2.05, 4.69) is 0 Å². The quantitative estimate of drug-likeness (QED) is 0.199. The number of carbonyl (C=O) groups is 2. The van der Waals surface area contributed by atoms with Crippen LogP contribution in [0.2, 0.25) is 0 Å². The van der Waals surface area contributed by atoms with Crippen LogP contribution in [-0.2, 0) is 0 Å². The van der Waals surface area contributed by atoms with Gasteiger partial charge in [0, 0.05) is 0 Å². The highest BCUT2D eigenvalue weighted by Gasteiger charge is 2.30. The first kappa shape index (κ1) is 12.4. The molecule has 0 radical (unpaired) electrons. The Kier molecular flexibility index (Phi) is 4.04. The normalized spacial score (nSPS) is 14.3. The second-order valence-corrected chi connectivity index (χ2v) is 2.19. The van der Waals surface area contributed by atoms with Gasteiger partial charge in [0.15, 0.2) is 0 Å². The minimum Gasteiger partial charge on any atom is -0.360 e. The van der Waals surface area contributed by atoms with Crippen molar-refractivity contribution in [2.45, 2.75) is 12.7 Å². The molecule has 4 amide bonds. The van der Waals surface area contributed by atoms with Crippen LogP contribution in [0.15, 0.2) is 0 Å². The molecule has 0 saturated heterocycles. The van der Waals surface area contributed by atoms with E-state index in [1.165, 1.54) is 0 Å². The third-order valence-electron chi connectivity index (χ3n) is 1.18. The van der Waals surface area contributed by atoms with Gasteiger partial charge in [-0.3, -0.25) is 11.5 Å². The Morgan fingerprint density at radius 2 is 1.14 bits per heavy atom. The summed E-state index contributed by atoms with van der Waals surface area (Å²) in [6.45, 7) is 0. The maximum atomic E-state index is 10.7. The summed E-state index contributed by atoms with van der Waals surface area (Å²) in [5.41, 5.74) is 19.2. The molecule has 0 aromatic rings. The van der Waals surface area contributed by atoms with Crippen LogP contribution in [0.5, 0.6) is 0 Å². The zero-order valence-corrected chi connectivity index (χ0v) is 7.07. The van der Waals surface area contributed by atoms with E-state index >= 15 is 0 Å². The van der Waals surface area contributed by atoms with Gasteiger partial charge >= 0.3 is 12.1 Å². The monoisotopic (exact) mass is 208 g/mol. The van der Waals surface area contributed by atoms with Crippen LogP contribution < -0.4 is 22.9 Å². The van der Waals surface area contributed by atoms with Gasteiger partial charge in [-0.15, -0.1) is 0 Å². The molecule has 0 aliphatic heterocycles. The fourth-order valence-corrected chi connectivity index (χ4v) is 0.728. The van der Waals surface area contributed by atoms with Crippen molar-refractivity contribution >= 4 is 12.1 Å². The molecule has 0 aromatic heterocycles. The number of rotatable bonds is 2. The lowest BCUT2D eigenvalue weighted by molar-refractivity contribution is -0.135. The second kappa shape index (κ2) is 4.57. The molecule has 82 valence electrons. The molecule has 0 rings (SSSR count). The lowest BCUT2D eigenvalue weighted by Gasteiger charge is -2.34. The highest BCUT2D eigenvalue weighted by Crippen LogP contribution is 2.01. The maximum Gasteiger partial charge on any atom is 0.337 e. The zero-order valence-electron chi connectivity index (χ0n) is 7.07. The van der Waals surface area contributed by atoms with Crippen LogP contribution in [0.3, 0.4) is 0 Å². The number of hydrazine groups is 1. The van der Waals surface area contributed by atoms with Crippen molar-refractivity contribution in [2.24, 2.45) is 22.9 Å². The standard InChI is InChI=1S/C4H12N6O4/c5-1(11)9(2(6)12)10(3(7)13)4(8)14/h1,3,11,13H,5,7H2,(H2,6,12)(H2,8,14). The molecule has 0 fully saturated rings. The summed E-state index contributed by atoms with van der Waals surface area (Å²) in [5.74, 6) is 0. The molecule has 0 aliphatic carbocycles. The molecule has 0 aromatic carbocycles. The number of amides is 4. The van der Waals surface area contributed by atoms with Crippen LogP contribution in [0, 0.1) is 0 Å². The number of nitrogens with two attached hydrogens (primary N) is 4. The van der Waals surface area contributed by atoms with E-state index in [0.717, 1.165) is 0 Å². The molecule has 2 unspecified atom stereocenters. The minimum atomic E-state index is -1.95. The molecular weight excluding hydrogens is 196 g/mol. The van der Waals surface area contributed by atoms with Crippen molar-refractivity contribution in [3.8, 4) is 0 Å². The van der Waals surface area contributed by atoms with Gasteiger partial charge in [0.1, 0.15) is 0 Å². The van der Waals surface area contributed by atoms with Crippen LogP contribution in [-0.4, -0.2) is 45.0 Å². The van der Waals surface area contributed by atoms with Gasteiger partial charge in [-0.05, 0) is 0 Å². The molecular formula is C4H12N6O4. The lowest BCUT2D eigenvalue weighted by atomic mass is 10.7. The Hall–Kier alpha value is -1.62. The molecule has 2 atom stereocenters. The maximum absolute atomic E-state index is 10.7. The van der Waals surface area contributed by atoms with Gasteiger partial charge in [-0.25, -0.2) is 9.59 Å². The number of urea groups is 2. The van der Waals surface area contributed by atoms with E-state index in [0.29, 0.717) is 0 Å². The Labute approximate surface area is 78.6 Å². The number of carbonyl (C=O) groups excluding carboxylic acids is 2. The van der Waals surface area contributed by atoms with Gasteiger partial charge in [0.05, 0.1) is 0 Å². The predicted molar refractivity (Wildman–Crippen MR) is 43.2 cm³/mol. The van der Waals surface area contributed by atoms with Gasteiger partial charge in [0.2, 0.25) is 12.7 Å². The van der Waals surface area contributed by atoms with E-state index in [1.54, 1.807) is 0 Å². The van der Waals surface area contributed by atoms with Crippen molar-refractivity contribution in [1.29, 1.82) is 0 Å². The predicted octanol–water partition coefficient (Wildman–Crippen LogP) is -3.87. The van der Waals surface area contributed by atoms with Crippen molar-refractivity contribution in [3.05, 3.63) is 0 Å². The van der Waals surface area contributed by atoms with Crippen molar-refractivity contribution in [1.82, 2.24) is 10.0 Å². The minimum absolute atomic E-state index is 0.104. The van der Waals surface area contributed by atoms with Crippen LogP contribution in [0.4, 0.5) is 9.59 Å². The van der Waals surface area contributed by atoms with E-state index < -0.39 is 24.8 Å². The fourth-order valence-electron chi connectivity index (χ4n) is 0.728. The smallest absolute Gasteiger partial charge is 0.337 e. The van der Waals surface area contributed by atoms with Crippen molar-refractivity contribution in [3.63, 3.8) is 0 Å². The number of aliphatic hydroxyl groups excluding tert-OH is 2. The van der Waals surface area contributed by atoms with Gasteiger partial charge in [-0.2, -0.15) is 10.0 Å². The molecule has 0 saturated carbocycles. The van der Waals surface area contributed by atoms with Gasteiger partial charge < -0.3 is 21.7 Å². The second-order valence-electron chi connectivity index (χ2n) is 2.19. The van der Waals surface area contributed by atoms with E-state index in [4.69, 9.17) is 33.1 Å². The summed E-state index contributed by atoms with van der Waals surface area (Å²) in [4.78, 5) is 21.4. The summed E-state index contributed by atoms with van der Waals surface area (Å²) < 4.78 is 0. The molecule has 0 aliphatic rings. The number of nitrogens with zero attached hydrogens (tertiary/aromatic N) is 2. The van der Waals surface area contributed by atoms with E-state index in [-0.39, 0.29) is 10.0 Å². The molecule has 0 heterocycles. The first-order chi connectivity index (χ1) is 6.29. The SMILES string of the molecule is NC(=O)N(C(N)O)N(C(N)=O)C(N)O. The molecule has 14 heavy (non-hydrogen) atoms. The van der Waals surface area contributed by atoms with E-state index in [1.807, 2.05) is 0 Å². The van der Waals surface area contributed by atoms with Crippen LogP contribution in [0.25, 0.3) is 0 Å². The summed E-state index contributed by atoms with van der Waals surface area (Å²) in [7, 11) is 0. The summed E-state index contributed by atoms with van der Waals surface area (Å²) >= 11 is 0. The summed E-state index contributed by atoms with van der Waals surface area (Å²) in [6, 6.07) is -2.60. The van der Waals surface area contributed by atoms with Gasteiger partial charge in [-0.1, -0.05) is 0 Å². The highest BCUT2D eigenvalue weighted by atomic mass is 16.4. The number of hydrogen-bond acceptors (Lipinski definition) is 6. The van der Waals surface area contributed by atoms with E-state index in [9.17, 15) is 9.59 Å². The van der Waals surface area contributed by atoms with Gasteiger partial charge in [0.25, 0.3) is 0 Å². The Bertz CT molecular complexity index is 206. The Morgan fingerprint density at radius 1 is 0.929 bits per heavy atom. The topological polar surface area (TPSA) is 185 Å². The molecule has 10 heteroatoms. The largest absolute Gasteiger partial charge is 0.360 e. The molecule has 0 bridgehead atoms. The number of hydrogen-bond donors (Lipinski definition) is 6. The molecule has 10 nitrogen and oxygen atoms in total. The average molecular weight is 208 g/mol. The summed E-state index contributed by atoms with van der Waals surface area (Å²) in [5, 5.41) is 17.9. The average Bonchev–Trinajstić information content (AvgIpc) is 1.96. The van der Waals surface area contributed by atoms with Crippen molar-refractivity contribution < 1.29 is 19.8 Å². The number of aliphatic hydroxyl groups is 2. The first-order valence-corrected chi connectivity index (χ1v) is 3.33. The first-order valence-electron chi connectivity index (χ1n) is 3.33. The molecule has 10 N–H and O–H groups in total. The highest BCUT2D eigenvalue weighted by molar-refractivity contribution is 5.78. The Morgan fingerprint density at radius 3 is 1.21 bits per heavy atom. The third kappa shape index (κ3) is 2.70. The van der Waals surface area contributed by atoms with Crippen LogP contribution in [0.1, 0.15) is 0 Å². The zero-order chi connectivity index (χ0) is 11.5. The lowest BCUT2D eigenvalue weighted by Crippen LogP contribution is -2.65. The third-order valence-corrected chi connectivity index (χ3v) is 1.18.